The molecule has 86 valence electrons. The van der Waals surface area contributed by atoms with Crippen LogP contribution < -0.4 is 0 Å². The highest BCUT2D eigenvalue weighted by Gasteiger charge is 2.27. The molecule has 1 aliphatic rings. The molecule has 1 rings (SSSR count). The van der Waals surface area contributed by atoms with Gasteiger partial charge in [-0.15, -0.1) is 0 Å². The van der Waals surface area contributed by atoms with Gasteiger partial charge in [-0.3, -0.25) is 0 Å². The molecule has 15 heavy (non-hydrogen) atoms. The Kier molecular flexibility index (Phi) is 5.10. The predicted octanol–water partition coefficient (Wildman–Crippen LogP) is 5.32. The van der Waals surface area contributed by atoms with Gasteiger partial charge in [0.25, 0.3) is 0 Å². The molecule has 0 unspecified atom stereocenters. The van der Waals surface area contributed by atoms with Gasteiger partial charge < -0.3 is 0 Å². The number of halogens is 1. The predicted molar refractivity (Wildman–Crippen MR) is 81.2 cm³/mol. The summed E-state index contributed by atoms with van der Waals surface area (Å²) in [6.45, 7) is 9.60. The van der Waals surface area contributed by atoms with E-state index in [0.29, 0.717) is 0 Å². The average molecular weight is 334 g/mol. The van der Waals surface area contributed by atoms with Gasteiger partial charge in [-0.25, -0.2) is 0 Å². The second-order valence-electron chi connectivity index (χ2n) is 5.42. The Labute approximate surface area is 109 Å². The second-order valence-corrected chi connectivity index (χ2v) is 12.5. The Balaban J connectivity index is 2.88. The summed E-state index contributed by atoms with van der Waals surface area (Å²) in [4.78, 5) is 0. The SMILES string of the molecule is CC/C=C\[C@@H]1CCC/C1=C(\I)[Si](C)(C)C. The summed E-state index contributed by atoms with van der Waals surface area (Å²) >= 11 is 2.62. The van der Waals surface area contributed by atoms with Crippen molar-refractivity contribution in [3.63, 3.8) is 0 Å². The van der Waals surface area contributed by atoms with Gasteiger partial charge in [0.15, 0.2) is 0 Å². The summed E-state index contributed by atoms with van der Waals surface area (Å²) in [6, 6.07) is 0. The van der Waals surface area contributed by atoms with Crippen molar-refractivity contribution in [2.24, 2.45) is 5.92 Å². The third-order valence-corrected chi connectivity index (χ3v) is 10.1. The Hall–Kier alpha value is 0.427. The molecule has 0 nitrogen and oxygen atoms in total. The maximum absolute atomic E-state index is 2.62. The molecule has 2 heteroatoms. The van der Waals surface area contributed by atoms with Crippen LogP contribution in [-0.4, -0.2) is 8.07 Å². The average Bonchev–Trinajstić information content (AvgIpc) is 2.59. The number of hydrogen-bond donors (Lipinski definition) is 0. The summed E-state index contributed by atoms with van der Waals surface area (Å²) < 4.78 is 1.73. The van der Waals surface area contributed by atoms with Gasteiger partial charge in [-0.05, 0) is 34.8 Å². The van der Waals surface area contributed by atoms with Gasteiger partial charge in [-0.1, -0.05) is 66.9 Å². The molecule has 0 bridgehead atoms. The summed E-state index contributed by atoms with van der Waals surface area (Å²) in [5, 5.41) is 0. The fourth-order valence-corrected chi connectivity index (χ4v) is 4.08. The normalized spacial score (nSPS) is 26.3. The minimum absolute atomic E-state index is 0.767. The zero-order chi connectivity index (χ0) is 11.5. The zero-order valence-electron chi connectivity index (χ0n) is 10.4. The highest BCUT2D eigenvalue weighted by atomic mass is 127. The van der Waals surface area contributed by atoms with Crippen LogP contribution in [0, 0.1) is 5.92 Å². The Morgan fingerprint density at radius 2 is 2.13 bits per heavy atom. The molecule has 1 atom stereocenters. The first-order valence-electron chi connectivity index (χ1n) is 6.02. The second kappa shape index (κ2) is 5.67. The molecule has 0 spiro atoms. The van der Waals surface area contributed by atoms with Gasteiger partial charge >= 0.3 is 0 Å². The fraction of sp³-hybridized carbons (Fsp3) is 0.692. The van der Waals surface area contributed by atoms with Crippen LogP contribution in [0.4, 0.5) is 0 Å². The van der Waals surface area contributed by atoms with Crippen LogP contribution in [0.15, 0.2) is 20.9 Å². The van der Waals surface area contributed by atoms with Crippen LogP contribution in [-0.2, 0) is 0 Å². The van der Waals surface area contributed by atoms with Crippen LogP contribution in [0.3, 0.4) is 0 Å². The number of allylic oxidation sites excluding steroid dienone is 3. The minimum atomic E-state index is -1.07. The highest BCUT2D eigenvalue weighted by molar-refractivity contribution is 14.1. The lowest BCUT2D eigenvalue weighted by Gasteiger charge is -2.20. The molecule has 0 saturated heterocycles. The molecule has 0 aromatic heterocycles. The molecule has 0 amide bonds. The van der Waals surface area contributed by atoms with Crippen molar-refractivity contribution in [3.8, 4) is 0 Å². The fourth-order valence-electron chi connectivity index (χ4n) is 2.14. The summed E-state index contributed by atoms with van der Waals surface area (Å²) in [7, 11) is -1.07. The van der Waals surface area contributed by atoms with Gasteiger partial charge in [0.1, 0.15) is 0 Å². The van der Waals surface area contributed by atoms with E-state index >= 15 is 0 Å². The van der Waals surface area contributed by atoms with E-state index in [2.05, 4.69) is 61.3 Å². The van der Waals surface area contributed by atoms with Crippen molar-refractivity contribution < 1.29 is 0 Å². The highest BCUT2D eigenvalue weighted by Crippen LogP contribution is 2.39. The van der Waals surface area contributed by atoms with E-state index in [4.69, 9.17) is 0 Å². The first-order chi connectivity index (χ1) is 6.96. The molecule has 0 aromatic carbocycles. The van der Waals surface area contributed by atoms with Crippen molar-refractivity contribution in [3.05, 3.63) is 20.9 Å². The smallest absolute Gasteiger partial charge is 0.0854 e. The number of rotatable bonds is 3. The molecule has 0 aliphatic heterocycles. The summed E-state index contributed by atoms with van der Waals surface area (Å²) in [5.41, 5.74) is 1.76. The molecule has 0 heterocycles. The van der Waals surface area contributed by atoms with Crippen LogP contribution in [0.1, 0.15) is 32.6 Å². The lowest BCUT2D eigenvalue weighted by Crippen LogP contribution is -2.22. The van der Waals surface area contributed by atoms with E-state index in [0.717, 1.165) is 5.92 Å². The summed E-state index contributed by atoms with van der Waals surface area (Å²) in [6.07, 6.45) is 10.1. The van der Waals surface area contributed by atoms with Gasteiger partial charge in [0, 0.05) is 0 Å². The molecular weight excluding hydrogens is 311 g/mol. The van der Waals surface area contributed by atoms with Crippen LogP contribution in [0.5, 0.6) is 0 Å². The number of hydrogen-bond acceptors (Lipinski definition) is 0. The van der Waals surface area contributed by atoms with Crippen molar-refractivity contribution in [2.45, 2.75) is 52.2 Å². The van der Waals surface area contributed by atoms with E-state index in [9.17, 15) is 0 Å². The lowest BCUT2D eigenvalue weighted by atomic mass is 10.0. The quantitative estimate of drug-likeness (QED) is 0.372. The molecular formula is C13H23ISi. The van der Waals surface area contributed by atoms with Crippen molar-refractivity contribution in [1.29, 1.82) is 0 Å². The van der Waals surface area contributed by atoms with E-state index in [1.807, 2.05) is 0 Å². The topological polar surface area (TPSA) is 0 Å². The van der Waals surface area contributed by atoms with Gasteiger partial charge in [0.2, 0.25) is 0 Å². The molecule has 0 radical (unpaired) electrons. The van der Waals surface area contributed by atoms with E-state index in [1.54, 1.807) is 8.78 Å². The van der Waals surface area contributed by atoms with E-state index in [-0.39, 0.29) is 0 Å². The Morgan fingerprint density at radius 1 is 1.47 bits per heavy atom. The van der Waals surface area contributed by atoms with E-state index < -0.39 is 8.07 Å². The third kappa shape index (κ3) is 3.73. The van der Waals surface area contributed by atoms with Crippen LogP contribution >= 0.6 is 22.6 Å². The van der Waals surface area contributed by atoms with Crippen molar-refractivity contribution in [2.75, 3.05) is 0 Å². The maximum atomic E-state index is 2.62. The van der Waals surface area contributed by atoms with Gasteiger partial charge in [-0.2, -0.15) is 0 Å². The molecule has 0 aromatic rings. The Bertz CT molecular complexity index is 271. The Morgan fingerprint density at radius 3 is 2.67 bits per heavy atom. The lowest BCUT2D eigenvalue weighted by molar-refractivity contribution is 0.762. The standard InChI is InChI=1S/C13H23ISi/c1-5-6-8-11-9-7-10-12(11)13(14)15(2,3)4/h6,8,11H,5,7,9-10H2,1-4H3/b8-6-,13-12-/t11-/m1/s1. The summed E-state index contributed by atoms with van der Waals surface area (Å²) in [5.74, 6) is 0.767. The first-order valence-corrected chi connectivity index (χ1v) is 10.6. The van der Waals surface area contributed by atoms with Crippen molar-refractivity contribution >= 4 is 30.7 Å². The van der Waals surface area contributed by atoms with Crippen LogP contribution in [0.2, 0.25) is 19.6 Å². The molecule has 0 N–H and O–H groups in total. The van der Waals surface area contributed by atoms with Crippen molar-refractivity contribution in [1.82, 2.24) is 0 Å². The zero-order valence-corrected chi connectivity index (χ0v) is 13.6. The van der Waals surface area contributed by atoms with Crippen LogP contribution in [0.25, 0.3) is 0 Å². The third-order valence-electron chi connectivity index (χ3n) is 2.95. The first kappa shape index (κ1) is 13.5. The van der Waals surface area contributed by atoms with Gasteiger partial charge in [0.05, 0.1) is 8.07 Å². The largest absolute Gasteiger partial charge is 0.0882 e. The monoisotopic (exact) mass is 334 g/mol. The maximum Gasteiger partial charge on any atom is 0.0854 e. The minimum Gasteiger partial charge on any atom is -0.0882 e. The molecule has 1 aliphatic carbocycles. The van der Waals surface area contributed by atoms with E-state index in [1.165, 1.54) is 25.7 Å². The molecule has 1 saturated carbocycles. The molecule has 1 fully saturated rings.